The van der Waals surface area contributed by atoms with Crippen molar-refractivity contribution in [2.75, 3.05) is 13.8 Å². The van der Waals surface area contributed by atoms with E-state index in [0.29, 0.717) is 25.3 Å². The van der Waals surface area contributed by atoms with Crippen molar-refractivity contribution in [2.24, 2.45) is 4.99 Å². The molecule has 0 bridgehead atoms. The molecule has 0 amide bonds. The zero-order valence-corrected chi connectivity index (χ0v) is 16.4. The van der Waals surface area contributed by atoms with Crippen molar-refractivity contribution in [2.45, 2.75) is 24.9 Å². The number of halogens is 1. The van der Waals surface area contributed by atoms with Gasteiger partial charge in [-0.2, -0.15) is 0 Å². The van der Waals surface area contributed by atoms with Gasteiger partial charge in [-0.05, 0) is 29.7 Å². The maximum atomic E-state index is 5.41. The van der Waals surface area contributed by atoms with Gasteiger partial charge in [-0.1, -0.05) is 36.4 Å². The van der Waals surface area contributed by atoms with Crippen molar-refractivity contribution in [1.29, 1.82) is 0 Å². The minimum atomic E-state index is 0. The fourth-order valence-corrected chi connectivity index (χ4v) is 3.03. The number of ether oxygens (including phenoxy) is 2. The predicted molar refractivity (Wildman–Crippen MR) is 109 cm³/mol. The minimum Gasteiger partial charge on any atom is -0.454 e. The lowest BCUT2D eigenvalue weighted by atomic mass is 10.1. The Morgan fingerprint density at radius 1 is 1.12 bits per heavy atom. The molecule has 1 aliphatic carbocycles. The Labute approximate surface area is 164 Å². The van der Waals surface area contributed by atoms with Crippen LogP contribution in [0.4, 0.5) is 0 Å². The molecule has 2 unspecified atom stereocenters. The van der Waals surface area contributed by atoms with E-state index >= 15 is 0 Å². The maximum Gasteiger partial charge on any atom is 0.231 e. The number of hydrogen-bond acceptors (Lipinski definition) is 3. The first-order valence-electron chi connectivity index (χ1n) is 8.24. The molecule has 4 rings (SSSR count). The maximum absolute atomic E-state index is 5.41. The lowest BCUT2D eigenvalue weighted by molar-refractivity contribution is 0.174. The summed E-state index contributed by atoms with van der Waals surface area (Å²) in [6, 6.07) is 17.1. The fraction of sp³-hybridized carbons (Fsp3) is 0.316. The summed E-state index contributed by atoms with van der Waals surface area (Å²) in [5.74, 6) is 3.03. The van der Waals surface area contributed by atoms with Crippen molar-refractivity contribution >= 4 is 29.9 Å². The summed E-state index contributed by atoms with van der Waals surface area (Å²) < 4.78 is 10.8. The highest BCUT2D eigenvalue weighted by atomic mass is 127. The molecular weight excluding hydrogens is 429 g/mol. The van der Waals surface area contributed by atoms with E-state index in [9.17, 15) is 0 Å². The van der Waals surface area contributed by atoms with Crippen LogP contribution in [0.2, 0.25) is 0 Å². The lowest BCUT2D eigenvalue weighted by Crippen LogP contribution is -2.38. The number of hydrogen-bond donors (Lipinski definition) is 2. The van der Waals surface area contributed by atoms with Crippen LogP contribution in [-0.2, 0) is 6.54 Å². The van der Waals surface area contributed by atoms with Gasteiger partial charge < -0.3 is 20.1 Å². The van der Waals surface area contributed by atoms with Crippen molar-refractivity contribution in [3.05, 3.63) is 59.7 Å². The molecule has 6 heteroatoms. The van der Waals surface area contributed by atoms with Crippen molar-refractivity contribution in [3.8, 4) is 11.5 Å². The first kappa shape index (κ1) is 17.8. The van der Waals surface area contributed by atoms with E-state index < -0.39 is 0 Å². The SMILES string of the molecule is CN=C(NCc1ccc2c(c1)OCO2)NC1CC1c1ccccc1.I. The number of benzene rings is 2. The quantitative estimate of drug-likeness (QED) is 0.426. The van der Waals surface area contributed by atoms with Crippen LogP contribution >= 0.6 is 24.0 Å². The molecule has 2 N–H and O–H groups in total. The molecule has 2 atom stereocenters. The van der Waals surface area contributed by atoms with Crippen LogP contribution in [0.25, 0.3) is 0 Å². The van der Waals surface area contributed by atoms with Crippen molar-refractivity contribution in [3.63, 3.8) is 0 Å². The Morgan fingerprint density at radius 2 is 1.92 bits per heavy atom. The van der Waals surface area contributed by atoms with Crippen LogP contribution in [0, 0.1) is 0 Å². The Bertz CT molecular complexity index is 752. The summed E-state index contributed by atoms with van der Waals surface area (Å²) in [5.41, 5.74) is 2.53. The molecule has 25 heavy (non-hydrogen) atoms. The van der Waals surface area contributed by atoms with E-state index in [1.165, 1.54) is 5.56 Å². The average Bonchev–Trinajstić information content (AvgIpc) is 3.24. The van der Waals surface area contributed by atoms with Gasteiger partial charge in [0.2, 0.25) is 6.79 Å². The number of aliphatic imine (C=N–C) groups is 1. The Kier molecular flexibility index (Phi) is 5.67. The van der Waals surface area contributed by atoms with Crippen LogP contribution in [-0.4, -0.2) is 25.8 Å². The molecule has 1 aliphatic heterocycles. The summed E-state index contributed by atoms with van der Waals surface area (Å²) in [4.78, 5) is 4.32. The number of fused-ring (bicyclic) bond motifs is 1. The summed E-state index contributed by atoms with van der Waals surface area (Å²) in [5, 5.41) is 6.86. The van der Waals surface area contributed by atoms with E-state index in [2.05, 4.69) is 46.0 Å². The van der Waals surface area contributed by atoms with E-state index in [1.807, 2.05) is 18.2 Å². The number of nitrogens with zero attached hydrogens (tertiary/aromatic N) is 1. The molecule has 1 fully saturated rings. The highest BCUT2D eigenvalue weighted by Gasteiger charge is 2.38. The molecular formula is C19H22IN3O2. The van der Waals surface area contributed by atoms with Gasteiger partial charge in [-0.25, -0.2) is 0 Å². The van der Waals surface area contributed by atoms with Crippen molar-refractivity contribution < 1.29 is 9.47 Å². The number of nitrogens with one attached hydrogen (secondary N) is 2. The van der Waals surface area contributed by atoms with Gasteiger partial charge in [0.15, 0.2) is 17.5 Å². The van der Waals surface area contributed by atoms with Gasteiger partial charge in [0.1, 0.15) is 0 Å². The second-order valence-corrected chi connectivity index (χ2v) is 6.12. The standard InChI is InChI=1S/C19H21N3O2.HI/c1-20-19(22-16-10-15(16)14-5-3-2-4-6-14)21-11-13-7-8-17-18(9-13)24-12-23-17;/h2-9,15-16H,10-12H2,1H3,(H2,20,21,22);1H. The third-order valence-corrected chi connectivity index (χ3v) is 4.46. The third kappa shape index (κ3) is 4.18. The zero-order chi connectivity index (χ0) is 16.4. The van der Waals surface area contributed by atoms with E-state index in [4.69, 9.17) is 9.47 Å². The van der Waals surface area contributed by atoms with E-state index in [0.717, 1.165) is 29.4 Å². The summed E-state index contributed by atoms with van der Waals surface area (Å²) in [6.07, 6.45) is 1.15. The average molecular weight is 451 g/mol. The Balaban J connectivity index is 0.00000182. The summed E-state index contributed by atoms with van der Waals surface area (Å²) in [7, 11) is 1.80. The largest absolute Gasteiger partial charge is 0.454 e. The molecule has 2 aromatic carbocycles. The molecule has 0 saturated heterocycles. The third-order valence-electron chi connectivity index (χ3n) is 4.46. The van der Waals surface area contributed by atoms with Crippen LogP contribution in [0.1, 0.15) is 23.5 Å². The zero-order valence-electron chi connectivity index (χ0n) is 14.1. The van der Waals surface area contributed by atoms with Gasteiger partial charge in [-0.3, -0.25) is 4.99 Å². The molecule has 5 nitrogen and oxygen atoms in total. The molecule has 2 aromatic rings. The second-order valence-electron chi connectivity index (χ2n) is 6.12. The minimum absolute atomic E-state index is 0. The van der Waals surface area contributed by atoms with Crippen LogP contribution in [0.5, 0.6) is 11.5 Å². The smallest absolute Gasteiger partial charge is 0.231 e. The lowest BCUT2D eigenvalue weighted by Gasteiger charge is -2.12. The monoisotopic (exact) mass is 451 g/mol. The first-order chi connectivity index (χ1) is 11.8. The molecule has 1 heterocycles. The molecule has 1 saturated carbocycles. The normalized spacial score (nSPS) is 20.6. The Hall–Kier alpha value is -1.96. The highest BCUT2D eigenvalue weighted by Crippen LogP contribution is 2.40. The molecule has 132 valence electrons. The van der Waals surface area contributed by atoms with Gasteiger partial charge in [0, 0.05) is 25.6 Å². The summed E-state index contributed by atoms with van der Waals surface area (Å²) in [6.45, 7) is 0.997. The molecule has 0 radical (unpaired) electrons. The van der Waals surface area contributed by atoms with Crippen LogP contribution in [0.3, 0.4) is 0 Å². The second kappa shape index (κ2) is 7.95. The fourth-order valence-electron chi connectivity index (χ4n) is 3.03. The van der Waals surface area contributed by atoms with Gasteiger partial charge >= 0.3 is 0 Å². The van der Waals surface area contributed by atoms with Crippen molar-refractivity contribution in [1.82, 2.24) is 10.6 Å². The van der Waals surface area contributed by atoms with E-state index in [-0.39, 0.29) is 24.0 Å². The predicted octanol–water partition coefficient (Wildman–Crippen LogP) is 3.25. The van der Waals surface area contributed by atoms with Gasteiger partial charge in [-0.15, -0.1) is 24.0 Å². The molecule has 0 aromatic heterocycles. The Morgan fingerprint density at radius 3 is 2.72 bits per heavy atom. The first-order valence-corrected chi connectivity index (χ1v) is 8.24. The number of rotatable bonds is 4. The molecule has 0 spiro atoms. The topological polar surface area (TPSA) is 54.9 Å². The summed E-state index contributed by atoms with van der Waals surface area (Å²) >= 11 is 0. The van der Waals surface area contributed by atoms with E-state index in [1.54, 1.807) is 7.05 Å². The van der Waals surface area contributed by atoms with Crippen LogP contribution in [0.15, 0.2) is 53.5 Å². The van der Waals surface area contributed by atoms with Gasteiger partial charge in [0.05, 0.1) is 0 Å². The van der Waals surface area contributed by atoms with Crippen LogP contribution < -0.4 is 20.1 Å². The molecule has 2 aliphatic rings. The highest BCUT2D eigenvalue weighted by molar-refractivity contribution is 14.0. The number of guanidine groups is 1. The van der Waals surface area contributed by atoms with Gasteiger partial charge in [0.25, 0.3) is 0 Å².